The predicted octanol–water partition coefficient (Wildman–Crippen LogP) is 3.39. The Morgan fingerprint density at radius 1 is 1.33 bits per heavy atom. The van der Waals surface area contributed by atoms with Gasteiger partial charge in [-0.15, -0.1) is 0 Å². The number of halogens is 2. The molecule has 0 radical (unpaired) electrons. The maximum absolute atomic E-state index is 13.5. The van der Waals surface area contributed by atoms with Gasteiger partial charge in [-0.2, -0.15) is 0 Å². The molecule has 0 aliphatic carbocycles. The molecule has 0 bridgehead atoms. The molecule has 4 nitrogen and oxygen atoms in total. The second kappa shape index (κ2) is 6.45. The number of nitrogens with two attached hydrogens (primary N) is 1. The molecular weight excluding hydrogens is 295 g/mol. The highest BCUT2D eigenvalue weighted by Crippen LogP contribution is 2.22. The maximum atomic E-state index is 13.5. The molecule has 0 aromatic heterocycles. The van der Waals surface area contributed by atoms with Crippen LogP contribution in [0.15, 0.2) is 36.4 Å². The number of anilines is 2. The number of aryl methyl sites for hydroxylation is 1. The highest BCUT2D eigenvalue weighted by Gasteiger charge is 2.09. The van der Waals surface area contributed by atoms with Gasteiger partial charge in [-0.3, -0.25) is 4.79 Å². The molecular formula is C15H14ClFN2O2. The maximum Gasteiger partial charge on any atom is 0.262 e. The lowest BCUT2D eigenvalue weighted by molar-refractivity contribution is -0.118. The Kier molecular flexibility index (Phi) is 4.65. The van der Waals surface area contributed by atoms with E-state index in [2.05, 4.69) is 5.32 Å². The topological polar surface area (TPSA) is 64.3 Å². The van der Waals surface area contributed by atoms with Crippen molar-refractivity contribution in [1.29, 1.82) is 0 Å². The molecule has 2 rings (SSSR count). The van der Waals surface area contributed by atoms with Crippen LogP contribution in [-0.4, -0.2) is 12.5 Å². The van der Waals surface area contributed by atoms with Gasteiger partial charge < -0.3 is 15.8 Å². The Morgan fingerprint density at radius 2 is 2.10 bits per heavy atom. The molecule has 0 saturated carbocycles. The third kappa shape index (κ3) is 4.10. The SMILES string of the molecule is Cc1cc(Cl)ccc1OCC(=O)Nc1cc(N)ccc1F. The third-order valence-corrected chi connectivity index (χ3v) is 3.00. The average Bonchev–Trinajstić information content (AvgIpc) is 2.42. The smallest absolute Gasteiger partial charge is 0.262 e. The molecule has 1 amide bonds. The number of nitrogen functional groups attached to an aromatic ring is 1. The summed E-state index contributed by atoms with van der Waals surface area (Å²) in [6, 6.07) is 9.02. The number of amides is 1. The summed E-state index contributed by atoms with van der Waals surface area (Å²) in [4.78, 5) is 11.8. The summed E-state index contributed by atoms with van der Waals surface area (Å²) in [5.74, 6) is -0.489. The lowest BCUT2D eigenvalue weighted by Crippen LogP contribution is -2.21. The highest BCUT2D eigenvalue weighted by molar-refractivity contribution is 6.30. The van der Waals surface area contributed by atoms with E-state index in [-0.39, 0.29) is 12.3 Å². The van der Waals surface area contributed by atoms with Gasteiger partial charge in [0.05, 0.1) is 5.69 Å². The van der Waals surface area contributed by atoms with Crippen LogP contribution in [0.2, 0.25) is 5.02 Å². The van der Waals surface area contributed by atoms with Crippen LogP contribution in [0.4, 0.5) is 15.8 Å². The Morgan fingerprint density at radius 3 is 2.81 bits per heavy atom. The molecule has 21 heavy (non-hydrogen) atoms. The molecule has 2 aromatic carbocycles. The van der Waals surface area contributed by atoms with Crippen LogP contribution < -0.4 is 15.8 Å². The van der Waals surface area contributed by atoms with E-state index in [1.165, 1.54) is 18.2 Å². The van der Waals surface area contributed by atoms with Crippen molar-refractivity contribution in [3.8, 4) is 5.75 Å². The molecule has 110 valence electrons. The monoisotopic (exact) mass is 308 g/mol. The summed E-state index contributed by atoms with van der Waals surface area (Å²) in [6.45, 7) is 1.58. The Hall–Kier alpha value is -2.27. The van der Waals surface area contributed by atoms with E-state index < -0.39 is 11.7 Å². The standard InChI is InChI=1S/C15H14ClFN2O2/c1-9-6-10(16)2-5-14(9)21-8-15(20)19-13-7-11(18)3-4-12(13)17/h2-7H,8,18H2,1H3,(H,19,20). The number of hydrogen-bond acceptors (Lipinski definition) is 3. The van der Waals surface area contributed by atoms with Crippen molar-refractivity contribution in [3.05, 3.63) is 52.8 Å². The minimum Gasteiger partial charge on any atom is -0.483 e. The van der Waals surface area contributed by atoms with Gasteiger partial charge >= 0.3 is 0 Å². The zero-order valence-corrected chi connectivity index (χ0v) is 12.1. The van der Waals surface area contributed by atoms with Gasteiger partial charge in [-0.05, 0) is 48.9 Å². The number of benzene rings is 2. The van der Waals surface area contributed by atoms with E-state index in [4.69, 9.17) is 22.1 Å². The minimum atomic E-state index is -0.555. The largest absolute Gasteiger partial charge is 0.483 e. The second-order valence-electron chi connectivity index (χ2n) is 4.49. The van der Waals surface area contributed by atoms with E-state index in [0.717, 1.165) is 5.56 Å². The first-order valence-corrected chi connectivity index (χ1v) is 6.57. The van der Waals surface area contributed by atoms with Crippen molar-refractivity contribution in [1.82, 2.24) is 0 Å². The van der Waals surface area contributed by atoms with Crippen molar-refractivity contribution in [2.45, 2.75) is 6.92 Å². The van der Waals surface area contributed by atoms with Crippen LogP contribution in [0.5, 0.6) is 5.75 Å². The van der Waals surface area contributed by atoms with Crippen LogP contribution in [0.25, 0.3) is 0 Å². The first-order chi connectivity index (χ1) is 9.95. The normalized spacial score (nSPS) is 10.2. The Bertz CT molecular complexity index is 677. The lowest BCUT2D eigenvalue weighted by atomic mass is 10.2. The van der Waals surface area contributed by atoms with Crippen molar-refractivity contribution in [2.75, 3.05) is 17.7 Å². The van der Waals surface area contributed by atoms with Gasteiger partial charge in [0.15, 0.2) is 6.61 Å². The summed E-state index contributed by atoms with van der Waals surface area (Å²) in [6.07, 6.45) is 0. The van der Waals surface area contributed by atoms with Gasteiger partial charge in [0.2, 0.25) is 0 Å². The fraction of sp³-hybridized carbons (Fsp3) is 0.133. The molecule has 0 aliphatic heterocycles. The molecule has 0 atom stereocenters. The second-order valence-corrected chi connectivity index (χ2v) is 4.92. The predicted molar refractivity (Wildman–Crippen MR) is 81.1 cm³/mol. The number of hydrogen-bond donors (Lipinski definition) is 2. The van der Waals surface area contributed by atoms with E-state index in [9.17, 15) is 9.18 Å². The first kappa shape index (κ1) is 15.1. The van der Waals surface area contributed by atoms with Crippen molar-refractivity contribution < 1.29 is 13.9 Å². The van der Waals surface area contributed by atoms with E-state index >= 15 is 0 Å². The van der Waals surface area contributed by atoms with Gasteiger partial charge in [0, 0.05) is 10.7 Å². The number of nitrogens with one attached hydrogen (secondary N) is 1. The lowest BCUT2D eigenvalue weighted by Gasteiger charge is -2.10. The molecule has 2 aromatic rings. The number of carbonyl (C=O) groups is 1. The molecule has 0 spiro atoms. The van der Waals surface area contributed by atoms with Crippen molar-refractivity contribution >= 4 is 28.9 Å². The number of rotatable bonds is 4. The third-order valence-electron chi connectivity index (χ3n) is 2.76. The van der Waals surface area contributed by atoms with Crippen LogP contribution >= 0.6 is 11.6 Å². The van der Waals surface area contributed by atoms with Crippen LogP contribution in [-0.2, 0) is 4.79 Å². The Balaban J connectivity index is 1.97. The van der Waals surface area contributed by atoms with E-state index in [1.807, 2.05) is 6.92 Å². The van der Waals surface area contributed by atoms with Crippen LogP contribution in [0.1, 0.15) is 5.56 Å². The zero-order valence-electron chi connectivity index (χ0n) is 11.3. The van der Waals surface area contributed by atoms with Crippen LogP contribution in [0.3, 0.4) is 0 Å². The highest BCUT2D eigenvalue weighted by atomic mass is 35.5. The summed E-state index contributed by atoms with van der Waals surface area (Å²) in [5, 5.41) is 3.00. The summed E-state index contributed by atoms with van der Waals surface area (Å²) in [7, 11) is 0. The number of carbonyl (C=O) groups excluding carboxylic acids is 1. The molecule has 0 unspecified atom stereocenters. The Labute approximate surface area is 126 Å². The summed E-state index contributed by atoms with van der Waals surface area (Å²) in [5.41, 5.74) is 6.74. The zero-order chi connectivity index (χ0) is 15.4. The summed E-state index contributed by atoms with van der Waals surface area (Å²) >= 11 is 5.83. The fourth-order valence-corrected chi connectivity index (χ4v) is 1.97. The quantitative estimate of drug-likeness (QED) is 0.851. The van der Waals surface area contributed by atoms with Gasteiger partial charge in [-0.25, -0.2) is 4.39 Å². The van der Waals surface area contributed by atoms with E-state index in [0.29, 0.717) is 16.5 Å². The van der Waals surface area contributed by atoms with Crippen LogP contribution in [0, 0.1) is 12.7 Å². The van der Waals surface area contributed by atoms with Crippen molar-refractivity contribution in [2.24, 2.45) is 0 Å². The fourth-order valence-electron chi connectivity index (χ4n) is 1.74. The molecule has 6 heteroatoms. The molecule has 0 fully saturated rings. The van der Waals surface area contributed by atoms with Gasteiger partial charge in [0.25, 0.3) is 5.91 Å². The molecule has 0 saturated heterocycles. The minimum absolute atomic E-state index is 0.0245. The molecule has 0 aliphatic rings. The van der Waals surface area contributed by atoms with Crippen molar-refractivity contribution in [3.63, 3.8) is 0 Å². The average molecular weight is 309 g/mol. The van der Waals surface area contributed by atoms with Gasteiger partial charge in [-0.1, -0.05) is 11.6 Å². The molecule has 3 N–H and O–H groups in total. The summed E-state index contributed by atoms with van der Waals surface area (Å²) < 4.78 is 18.8. The van der Waals surface area contributed by atoms with E-state index in [1.54, 1.807) is 18.2 Å². The number of ether oxygens (including phenoxy) is 1. The first-order valence-electron chi connectivity index (χ1n) is 6.19. The van der Waals surface area contributed by atoms with Gasteiger partial charge in [0.1, 0.15) is 11.6 Å². The molecule has 0 heterocycles.